The summed E-state index contributed by atoms with van der Waals surface area (Å²) in [6, 6.07) is 61.1. The highest BCUT2D eigenvalue weighted by Crippen LogP contribution is 2.48. The van der Waals surface area contributed by atoms with Crippen molar-refractivity contribution >= 4 is 43.4 Å². The van der Waals surface area contributed by atoms with Crippen molar-refractivity contribution in [2.45, 2.75) is 51.4 Å². The number of nitrogens with zero attached hydrogens (tertiary/aromatic N) is 4. The van der Waals surface area contributed by atoms with E-state index in [9.17, 15) is 0 Å². The first-order chi connectivity index (χ1) is 28.7. The Kier molecular flexibility index (Phi) is 7.96. The van der Waals surface area contributed by atoms with Crippen molar-refractivity contribution < 1.29 is 0 Å². The number of para-hydroxylation sites is 1. The number of benzene rings is 8. The average molecular weight is 761 g/mol. The Balaban J connectivity index is 1.08. The molecule has 59 heavy (non-hydrogen) atoms. The third-order valence-electron chi connectivity index (χ3n) is 12.9. The van der Waals surface area contributed by atoms with Crippen molar-refractivity contribution in [1.82, 2.24) is 19.5 Å². The molecule has 11 rings (SSSR count). The smallest absolute Gasteiger partial charge is 0.164 e. The first-order valence-corrected chi connectivity index (χ1v) is 20.7. The van der Waals surface area contributed by atoms with E-state index in [2.05, 4.69) is 202 Å². The van der Waals surface area contributed by atoms with E-state index in [4.69, 9.17) is 15.0 Å². The molecular weight excluding hydrogens is 717 g/mol. The number of fused-ring (bicyclic) bond motifs is 6. The largest absolute Gasteiger partial charge is 0.309 e. The molecule has 0 saturated heterocycles. The van der Waals surface area contributed by atoms with Gasteiger partial charge in [-0.05, 0) is 116 Å². The van der Waals surface area contributed by atoms with Crippen LogP contribution >= 0.6 is 0 Å². The van der Waals surface area contributed by atoms with Crippen LogP contribution in [0.25, 0.3) is 94.3 Å². The second-order valence-corrected chi connectivity index (χ2v) is 17.6. The number of aromatic nitrogens is 4. The zero-order valence-corrected chi connectivity index (χ0v) is 33.9. The van der Waals surface area contributed by atoms with Gasteiger partial charge in [-0.25, -0.2) is 15.0 Å². The SMILES string of the molecule is CC1(C)CCC(C)(C)c2cc3c(cc21)c1ccccc1n3-c1cccc(-c2nc(-c3ccc4ccccc4c3)nc(-c3ccc4cc(-c5ccccc5)ccc4c3)n2)c1. The molecule has 1 aliphatic rings. The number of hydrogen-bond acceptors (Lipinski definition) is 3. The van der Waals surface area contributed by atoms with E-state index in [1.165, 1.54) is 67.7 Å². The van der Waals surface area contributed by atoms with Gasteiger partial charge in [0.05, 0.1) is 11.0 Å². The predicted molar refractivity (Wildman–Crippen MR) is 246 cm³/mol. The van der Waals surface area contributed by atoms with Gasteiger partial charge in [0.15, 0.2) is 17.5 Å². The van der Waals surface area contributed by atoms with Gasteiger partial charge in [0.1, 0.15) is 0 Å². The van der Waals surface area contributed by atoms with E-state index in [0.717, 1.165) is 33.2 Å². The molecule has 4 nitrogen and oxygen atoms in total. The number of rotatable bonds is 5. The molecule has 0 atom stereocenters. The van der Waals surface area contributed by atoms with Crippen molar-refractivity contribution in [3.05, 3.63) is 181 Å². The third kappa shape index (κ3) is 6.01. The molecular formula is C55H44N4. The monoisotopic (exact) mass is 760 g/mol. The van der Waals surface area contributed by atoms with Crippen LogP contribution in [0.4, 0.5) is 0 Å². The molecule has 0 unspecified atom stereocenters. The van der Waals surface area contributed by atoms with E-state index in [1.54, 1.807) is 0 Å². The average Bonchev–Trinajstić information content (AvgIpc) is 3.61. The fourth-order valence-electron chi connectivity index (χ4n) is 9.38. The lowest BCUT2D eigenvalue weighted by Crippen LogP contribution is -2.33. The van der Waals surface area contributed by atoms with Gasteiger partial charge < -0.3 is 4.57 Å². The van der Waals surface area contributed by atoms with Crippen LogP contribution in [-0.2, 0) is 10.8 Å². The molecule has 0 radical (unpaired) electrons. The first kappa shape index (κ1) is 35.3. The molecule has 0 amide bonds. The van der Waals surface area contributed by atoms with E-state index in [1.807, 2.05) is 0 Å². The molecule has 0 saturated carbocycles. The molecule has 1 aliphatic carbocycles. The van der Waals surface area contributed by atoms with Crippen LogP contribution < -0.4 is 0 Å². The molecule has 0 fully saturated rings. The van der Waals surface area contributed by atoms with Crippen molar-refractivity contribution in [3.63, 3.8) is 0 Å². The van der Waals surface area contributed by atoms with Crippen molar-refractivity contribution in [2.24, 2.45) is 0 Å². The minimum absolute atomic E-state index is 0.0928. The highest BCUT2D eigenvalue weighted by molar-refractivity contribution is 6.10. The summed E-state index contributed by atoms with van der Waals surface area (Å²) in [4.78, 5) is 15.6. The van der Waals surface area contributed by atoms with Crippen molar-refractivity contribution in [3.8, 4) is 51.0 Å². The predicted octanol–water partition coefficient (Wildman–Crippen LogP) is 14.3. The normalized spacial score (nSPS) is 14.6. The highest BCUT2D eigenvalue weighted by atomic mass is 15.0. The van der Waals surface area contributed by atoms with Crippen LogP contribution in [0.5, 0.6) is 0 Å². The Morgan fingerprint density at radius 2 is 0.881 bits per heavy atom. The lowest BCUT2D eigenvalue weighted by atomic mass is 9.63. The van der Waals surface area contributed by atoms with Crippen molar-refractivity contribution in [2.75, 3.05) is 0 Å². The maximum Gasteiger partial charge on any atom is 0.164 e. The molecule has 10 aromatic rings. The van der Waals surface area contributed by atoms with E-state index in [0.29, 0.717) is 17.5 Å². The summed E-state index contributed by atoms with van der Waals surface area (Å²) in [6.07, 6.45) is 2.35. The second kappa shape index (κ2) is 13.3. The molecule has 0 bridgehead atoms. The fraction of sp³-hybridized carbons (Fsp3) is 0.145. The highest BCUT2D eigenvalue weighted by Gasteiger charge is 2.38. The lowest BCUT2D eigenvalue weighted by molar-refractivity contribution is 0.332. The molecule has 4 heteroatoms. The Labute approximate surface area is 344 Å². The molecule has 2 heterocycles. The van der Waals surface area contributed by atoms with Crippen LogP contribution in [0.15, 0.2) is 170 Å². The summed E-state index contributed by atoms with van der Waals surface area (Å²) < 4.78 is 2.44. The van der Waals surface area contributed by atoms with E-state index in [-0.39, 0.29) is 10.8 Å². The summed E-state index contributed by atoms with van der Waals surface area (Å²) in [5.41, 5.74) is 11.9. The molecule has 2 aromatic heterocycles. The second-order valence-electron chi connectivity index (χ2n) is 17.6. The Morgan fingerprint density at radius 1 is 0.373 bits per heavy atom. The van der Waals surface area contributed by atoms with Crippen LogP contribution in [0, 0.1) is 0 Å². The Hall–Kier alpha value is -6.91. The Morgan fingerprint density at radius 3 is 1.58 bits per heavy atom. The van der Waals surface area contributed by atoms with E-state index >= 15 is 0 Å². The van der Waals surface area contributed by atoms with Gasteiger partial charge in [-0.1, -0.05) is 149 Å². The standard InChI is InChI=1S/C55H44N4/c1-54(2)27-28-55(3,4)48-34-50-46(33-47(48)54)45-19-10-11-20-49(45)59(50)44-18-12-17-41(32-44)51-56-52(42-25-21-36-15-8-9-16-37(36)30-42)58-53(57-51)43-26-24-39-29-38(22-23-40(39)31-43)35-13-6-5-7-14-35/h5-26,29-34H,27-28H2,1-4H3. The quantitative estimate of drug-likeness (QED) is 0.175. The minimum atomic E-state index is 0.0928. The van der Waals surface area contributed by atoms with Gasteiger partial charge in [-0.2, -0.15) is 0 Å². The number of hydrogen-bond donors (Lipinski definition) is 0. The van der Waals surface area contributed by atoms with Gasteiger partial charge >= 0.3 is 0 Å². The molecule has 0 spiro atoms. The molecule has 284 valence electrons. The van der Waals surface area contributed by atoms with Crippen molar-refractivity contribution in [1.29, 1.82) is 0 Å². The molecule has 0 aliphatic heterocycles. The van der Waals surface area contributed by atoms with Crippen LogP contribution in [0.2, 0.25) is 0 Å². The van der Waals surface area contributed by atoms with Gasteiger partial charge in [-0.3, -0.25) is 0 Å². The fourth-order valence-corrected chi connectivity index (χ4v) is 9.38. The van der Waals surface area contributed by atoms with Gasteiger partial charge in [0.25, 0.3) is 0 Å². The van der Waals surface area contributed by atoms with Gasteiger partial charge in [0, 0.05) is 33.2 Å². The van der Waals surface area contributed by atoms with Crippen LogP contribution in [0.3, 0.4) is 0 Å². The minimum Gasteiger partial charge on any atom is -0.309 e. The topological polar surface area (TPSA) is 43.6 Å². The van der Waals surface area contributed by atoms with Gasteiger partial charge in [-0.15, -0.1) is 0 Å². The Bertz CT molecular complexity index is 3280. The van der Waals surface area contributed by atoms with Gasteiger partial charge in [0.2, 0.25) is 0 Å². The summed E-state index contributed by atoms with van der Waals surface area (Å²) in [5.74, 6) is 1.93. The summed E-state index contributed by atoms with van der Waals surface area (Å²) in [7, 11) is 0. The lowest BCUT2D eigenvalue weighted by Gasteiger charge is -2.42. The zero-order chi connectivity index (χ0) is 39.9. The summed E-state index contributed by atoms with van der Waals surface area (Å²) in [5, 5.41) is 7.20. The summed E-state index contributed by atoms with van der Waals surface area (Å²) in [6.45, 7) is 9.63. The maximum absolute atomic E-state index is 5.24. The maximum atomic E-state index is 5.24. The summed E-state index contributed by atoms with van der Waals surface area (Å²) >= 11 is 0. The zero-order valence-electron chi connectivity index (χ0n) is 33.9. The molecule has 0 N–H and O–H groups in total. The molecule has 8 aromatic carbocycles. The van der Waals surface area contributed by atoms with E-state index < -0.39 is 0 Å². The third-order valence-corrected chi connectivity index (χ3v) is 12.9. The first-order valence-electron chi connectivity index (χ1n) is 20.7. The van der Waals surface area contributed by atoms with Crippen LogP contribution in [-0.4, -0.2) is 19.5 Å². The van der Waals surface area contributed by atoms with Crippen LogP contribution in [0.1, 0.15) is 51.7 Å².